The van der Waals surface area contributed by atoms with Crippen molar-refractivity contribution in [3.05, 3.63) is 42.4 Å². The first-order valence-electron chi connectivity index (χ1n) is 11.9. The lowest BCUT2D eigenvalue weighted by Gasteiger charge is -2.29. The predicted octanol–water partition coefficient (Wildman–Crippen LogP) is 4.99. The summed E-state index contributed by atoms with van der Waals surface area (Å²) < 4.78 is 7.29. The average molecular weight is 451 g/mol. The third-order valence-corrected chi connectivity index (χ3v) is 6.22. The number of anilines is 3. The summed E-state index contributed by atoms with van der Waals surface area (Å²) >= 11 is 0. The number of nitrogens with one attached hydrogen (secondary N) is 1. The molecule has 3 aromatic heterocycles. The Labute approximate surface area is 195 Å². The number of hydrogen-bond acceptors (Lipinski definition) is 5. The Balaban J connectivity index is 1.58. The molecule has 0 saturated heterocycles. The van der Waals surface area contributed by atoms with Gasteiger partial charge in [0, 0.05) is 43.3 Å². The molecule has 0 radical (unpaired) electrons. The Hall–Kier alpha value is -3.29. The monoisotopic (exact) mass is 450 g/mol. The summed E-state index contributed by atoms with van der Waals surface area (Å²) in [5.41, 5.74) is 3.77. The molecule has 4 rings (SSSR count). The van der Waals surface area contributed by atoms with E-state index in [0.29, 0.717) is 23.9 Å². The van der Waals surface area contributed by atoms with Gasteiger partial charge in [0.2, 0.25) is 0 Å². The molecule has 8 nitrogen and oxygen atoms in total. The van der Waals surface area contributed by atoms with Gasteiger partial charge in [-0.15, -0.1) is 0 Å². The van der Waals surface area contributed by atoms with Crippen LogP contribution in [0.25, 0.3) is 5.52 Å². The maximum absolute atomic E-state index is 13.3. The highest BCUT2D eigenvalue weighted by molar-refractivity contribution is 6.04. The quantitative estimate of drug-likeness (QED) is 0.497. The zero-order valence-electron chi connectivity index (χ0n) is 20.0. The first-order valence-corrected chi connectivity index (χ1v) is 11.9. The van der Waals surface area contributed by atoms with Gasteiger partial charge in [-0.3, -0.25) is 4.90 Å². The zero-order valence-corrected chi connectivity index (χ0v) is 20.0. The number of aromatic nitrogens is 3. The van der Waals surface area contributed by atoms with Crippen molar-refractivity contribution in [2.75, 3.05) is 41.9 Å². The van der Waals surface area contributed by atoms with E-state index < -0.39 is 0 Å². The Kier molecular flexibility index (Phi) is 7.01. The number of amides is 2. The van der Waals surface area contributed by atoms with Crippen LogP contribution in [0.5, 0.6) is 5.75 Å². The van der Waals surface area contributed by atoms with Crippen molar-refractivity contribution in [2.45, 2.75) is 46.5 Å². The molecule has 0 aliphatic carbocycles. The van der Waals surface area contributed by atoms with Crippen LogP contribution in [-0.2, 0) is 6.42 Å². The fourth-order valence-electron chi connectivity index (χ4n) is 4.78. The minimum atomic E-state index is -0.207. The van der Waals surface area contributed by atoms with Gasteiger partial charge in [0.1, 0.15) is 11.3 Å². The second-order valence-corrected chi connectivity index (χ2v) is 8.73. The Morgan fingerprint density at radius 3 is 2.85 bits per heavy atom. The molecule has 33 heavy (non-hydrogen) atoms. The maximum Gasteiger partial charge on any atom is 0.327 e. The summed E-state index contributed by atoms with van der Waals surface area (Å²) in [6, 6.07) is 5.55. The summed E-state index contributed by atoms with van der Waals surface area (Å²) in [4.78, 5) is 22.1. The zero-order chi connectivity index (χ0) is 23.4. The van der Waals surface area contributed by atoms with Crippen LogP contribution in [0.2, 0.25) is 0 Å². The third-order valence-electron chi connectivity index (χ3n) is 6.22. The number of rotatable bonds is 9. The molecule has 0 fully saturated rings. The molecule has 1 aliphatic heterocycles. The van der Waals surface area contributed by atoms with Crippen molar-refractivity contribution in [3.63, 3.8) is 0 Å². The van der Waals surface area contributed by atoms with E-state index >= 15 is 0 Å². The summed E-state index contributed by atoms with van der Waals surface area (Å²) in [5, 5.41) is 7.24. The van der Waals surface area contributed by atoms with Gasteiger partial charge in [0.25, 0.3) is 0 Å². The van der Waals surface area contributed by atoms with E-state index in [-0.39, 0.29) is 6.03 Å². The molecule has 0 aromatic carbocycles. The highest BCUT2D eigenvalue weighted by Crippen LogP contribution is 2.36. The first kappa shape index (κ1) is 22.9. The van der Waals surface area contributed by atoms with Crippen LogP contribution < -0.4 is 19.9 Å². The molecule has 1 aliphatic rings. The van der Waals surface area contributed by atoms with Gasteiger partial charge in [-0.2, -0.15) is 5.10 Å². The Bertz CT molecular complexity index is 1110. The first-order chi connectivity index (χ1) is 16.1. The van der Waals surface area contributed by atoms with Gasteiger partial charge in [-0.25, -0.2) is 14.3 Å². The van der Waals surface area contributed by atoms with Crippen molar-refractivity contribution in [2.24, 2.45) is 5.92 Å². The number of hydrogen-bond donors (Lipinski definition) is 1. The average Bonchev–Trinajstić information content (AvgIpc) is 3.46. The molecular formula is C25H34N6O2. The minimum absolute atomic E-state index is 0.207. The summed E-state index contributed by atoms with van der Waals surface area (Å²) in [6.07, 6.45) is 9.62. The van der Waals surface area contributed by atoms with Crippen molar-refractivity contribution < 1.29 is 9.53 Å². The molecule has 4 heterocycles. The molecule has 0 spiro atoms. The molecule has 2 amide bonds. The van der Waals surface area contributed by atoms with Crippen LogP contribution in [0.3, 0.4) is 0 Å². The summed E-state index contributed by atoms with van der Waals surface area (Å²) in [6.45, 7) is 9.39. The number of nitrogens with zero attached hydrogens (tertiary/aromatic N) is 5. The second-order valence-electron chi connectivity index (χ2n) is 8.73. The molecule has 8 heteroatoms. The van der Waals surface area contributed by atoms with Gasteiger partial charge in [0.05, 0.1) is 19.0 Å². The molecule has 1 N–H and O–H groups in total. The second kappa shape index (κ2) is 10.1. The van der Waals surface area contributed by atoms with E-state index in [1.54, 1.807) is 28.8 Å². The maximum atomic E-state index is 13.3. The SMILES string of the molecule is CCC[C@H](C)CN(CCC)c1ccnc2c1CCN2C(=O)Nc1ccn2nccc2c1OC. The van der Waals surface area contributed by atoms with Crippen LogP contribution in [0.15, 0.2) is 36.8 Å². The lowest BCUT2D eigenvalue weighted by Crippen LogP contribution is -2.34. The van der Waals surface area contributed by atoms with E-state index in [2.05, 4.69) is 47.1 Å². The van der Waals surface area contributed by atoms with E-state index in [0.717, 1.165) is 42.8 Å². The van der Waals surface area contributed by atoms with Crippen molar-refractivity contribution in [3.8, 4) is 5.75 Å². The molecule has 0 saturated carbocycles. The fraction of sp³-hybridized carbons (Fsp3) is 0.480. The third kappa shape index (κ3) is 4.60. The van der Waals surface area contributed by atoms with Crippen LogP contribution in [0.4, 0.5) is 22.0 Å². The van der Waals surface area contributed by atoms with E-state index in [4.69, 9.17) is 4.74 Å². The van der Waals surface area contributed by atoms with Gasteiger partial charge in [-0.05, 0) is 43.4 Å². The van der Waals surface area contributed by atoms with Crippen molar-refractivity contribution >= 4 is 28.7 Å². The van der Waals surface area contributed by atoms with Gasteiger partial charge in [-0.1, -0.05) is 27.2 Å². The predicted molar refractivity (Wildman–Crippen MR) is 133 cm³/mol. The normalized spacial score (nSPS) is 13.8. The molecular weight excluding hydrogens is 416 g/mol. The van der Waals surface area contributed by atoms with Crippen LogP contribution >= 0.6 is 0 Å². The lowest BCUT2D eigenvalue weighted by molar-refractivity contribution is 0.257. The number of fused-ring (bicyclic) bond motifs is 2. The van der Waals surface area contributed by atoms with E-state index in [1.165, 1.54) is 18.5 Å². The number of urea groups is 1. The van der Waals surface area contributed by atoms with Crippen molar-refractivity contribution in [1.29, 1.82) is 0 Å². The number of carbonyl (C=O) groups excluding carboxylic acids is 1. The molecule has 176 valence electrons. The number of pyridine rings is 2. The number of methoxy groups -OCH3 is 1. The van der Waals surface area contributed by atoms with Gasteiger partial charge >= 0.3 is 6.03 Å². The van der Waals surface area contributed by atoms with Gasteiger partial charge in [0.15, 0.2) is 5.75 Å². The molecule has 0 bridgehead atoms. The van der Waals surface area contributed by atoms with Crippen LogP contribution in [0, 0.1) is 5.92 Å². The van der Waals surface area contributed by atoms with E-state index in [9.17, 15) is 4.79 Å². The lowest BCUT2D eigenvalue weighted by atomic mass is 10.0. The molecule has 0 unspecified atom stereocenters. The van der Waals surface area contributed by atoms with Crippen LogP contribution in [-0.4, -0.2) is 47.4 Å². The minimum Gasteiger partial charge on any atom is -0.492 e. The Morgan fingerprint density at radius 1 is 1.24 bits per heavy atom. The summed E-state index contributed by atoms with van der Waals surface area (Å²) in [5.74, 6) is 1.96. The smallest absolute Gasteiger partial charge is 0.327 e. The standard InChI is InChI=1S/C25H34N6O2/c1-5-7-18(3)17-29(14-6-2)21-8-12-26-24-19(21)10-15-30(24)25(32)28-20-11-16-31-22(9-13-27-31)23(20)33-4/h8-9,11-13,16,18H,5-7,10,14-15,17H2,1-4H3,(H,28,32)/t18-/m0/s1. The molecule has 1 atom stereocenters. The number of ether oxygens (including phenoxy) is 1. The number of carbonyl (C=O) groups is 1. The Morgan fingerprint density at radius 2 is 2.09 bits per heavy atom. The topological polar surface area (TPSA) is 75.0 Å². The molecule has 3 aromatic rings. The van der Waals surface area contributed by atoms with Crippen LogP contribution in [0.1, 0.15) is 45.6 Å². The highest BCUT2D eigenvalue weighted by atomic mass is 16.5. The summed E-state index contributed by atoms with van der Waals surface area (Å²) in [7, 11) is 1.60. The fourth-order valence-corrected chi connectivity index (χ4v) is 4.78. The van der Waals surface area contributed by atoms with Crippen molar-refractivity contribution in [1.82, 2.24) is 14.6 Å². The van der Waals surface area contributed by atoms with Gasteiger partial charge < -0.3 is 15.0 Å². The largest absolute Gasteiger partial charge is 0.492 e. The highest BCUT2D eigenvalue weighted by Gasteiger charge is 2.30. The van der Waals surface area contributed by atoms with E-state index in [1.807, 2.05) is 18.5 Å².